The van der Waals surface area contributed by atoms with E-state index >= 15 is 0 Å². The van der Waals surface area contributed by atoms with Gasteiger partial charge in [-0.1, -0.05) is 60.7 Å². The Kier molecular flexibility index (Phi) is 4.91. The van der Waals surface area contributed by atoms with Gasteiger partial charge < -0.3 is 0 Å². The molecule has 0 saturated carbocycles. The monoisotopic (exact) mass is 429 g/mol. The zero-order valence-corrected chi connectivity index (χ0v) is 16.9. The van der Waals surface area contributed by atoms with E-state index in [9.17, 15) is 19.7 Å². The molecule has 8 heteroatoms. The summed E-state index contributed by atoms with van der Waals surface area (Å²) in [6.07, 6.45) is -0.952. The first-order chi connectivity index (χ1) is 15.5. The summed E-state index contributed by atoms with van der Waals surface area (Å²) < 4.78 is 0. The summed E-state index contributed by atoms with van der Waals surface area (Å²) in [6, 6.07) is 23.9. The number of benzene rings is 3. The largest absolute Gasteiger partial charge is 0.275 e. The number of carbonyl (C=O) groups is 2. The number of fused-ring (bicyclic) bond motifs is 1. The van der Waals surface area contributed by atoms with E-state index in [0.717, 1.165) is 5.56 Å². The van der Waals surface area contributed by atoms with E-state index in [1.807, 2.05) is 60.7 Å². The molecule has 0 radical (unpaired) electrons. The SMILES string of the molecule is O=C1[C@H]2[C@H](ON(c3ccccc3)[C@@H]2c2ccc([N+](=O)[O-])cc2)C(=O)N1Cc1ccccc1. The highest BCUT2D eigenvalue weighted by Gasteiger charge is 2.59. The molecule has 2 amide bonds. The van der Waals surface area contributed by atoms with Gasteiger partial charge in [0.2, 0.25) is 5.91 Å². The van der Waals surface area contributed by atoms with Crippen molar-refractivity contribution in [2.24, 2.45) is 5.92 Å². The van der Waals surface area contributed by atoms with Crippen LogP contribution in [-0.4, -0.2) is 27.7 Å². The number of hydrogen-bond donors (Lipinski definition) is 0. The Morgan fingerprint density at radius 2 is 1.47 bits per heavy atom. The van der Waals surface area contributed by atoms with Crippen molar-refractivity contribution < 1.29 is 19.3 Å². The number of imide groups is 1. The van der Waals surface area contributed by atoms with Gasteiger partial charge in [-0.15, -0.1) is 0 Å². The van der Waals surface area contributed by atoms with Crippen molar-refractivity contribution in [1.29, 1.82) is 0 Å². The number of anilines is 1. The van der Waals surface area contributed by atoms with Gasteiger partial charge >= 0.3 is 0 Å². The zero-order valence-electron chi connectivity index (χ0n) is 16.9. The molecule has 0 aromatic heterocycles. The molecule has 0 unspecified atom stereocenters. The lowest BCUT2D eigenvalue weighted by Gasteiger charge is -2.28. The number of hydroxylamine groups is 1. The summed E-state index contributed by atoms with van der Waals surface area (Å²) in [6.45, 7) is 0.174. The van der Waals surface area contributed by atoms with Crippen molar-refractivity contribution >= 4 is 23.2 Å². The van der Waals surface area contributed by atoms with Crippen molar-refractivity contribution in [1.82, 2.24) is 4.90 Å². The molecule has 3 atom stereocenters. The predicted octanol–water partition coefficient (Wildman–Crippen LogP) is 3.64. The highest BCUT2D eigenvalue weighted by atomic mass is 16.7. The third kappa shape index (κ3) is 3.30. The molecule has 2 aliphatic heterocycles. The summed E-state index contributed by atoms with van der Waals surface area (Å²) in [7, 11) is 0. The Bertz CT molecular complexity index is 1170. The van der Waals surface area contributed by atoms with Crippen LogP contribution < -0.4 is 5.06 Å². The fraction of sp³-hybridized carbons (Fsp3) is 0.167. The van der Waals surface area contributed by atoms with Gasteiger partial charge in [-0.25, -0.2) is 5.06 Å². The van der Waals surface area contributed by atoms with Crippen LogP contribution in [0.3, 0.4) is 0 Å². The van der Waals surface area contributed by atoms with Crippen LogP contribution in [-0.2, 0) is 21.0 Å². The third-order valence-electron chi connectivity index (χ3n) is 5.85. The summed E-state index contributed by atoms with van der Waals surface area (Å²) >= 11 is 0. The fourth-order valence-electron chi connectivity index (χ4n) is 4.32. The molecular formula is C24H19N3O5. The number of non-ortho nitro benzene ring substituents is 1. The minimum atomic E-state index is -0.952. The first kappa shape index (κ1) is 19.9. The van der Waals surface area contributed by atoms with E-state index in [2.05, 4.69) is 0 Å². The van der Waals surface area contributed by atoms with Crippen LogP contribution in [0.15, 0.2) is 84.9 Å². The van der Waals surface area contributed by atoms with Gasteiger partial charge in [0, 0.05) is 12.1 Å². The van der Waals surface area contributed by atoms with Gasteiger partial charge in [-0.05, 0) is 23.3 Å². The first-order valence-corrected chi connectivity index (χ1v) is 10.2. The Morgan fingerprint density at radius 1 is 0.844 bits per heavy atom. The smallest absolute Gasteiger partial charge is 0.269 e. The van der Waals surface area contributed by atoms with Crippen LogP contribution in [0.25, 0.3) is 0 Å². The van der Waals surface area contributed by atoms with E-state index in [4.69, 9.17) is 4.84 Å². The van der Waals surface area contributed by atoms with Gasteiger partial charge in [0.05, 0.1) is 23.2 Å². The normalized spacial score (nSPS) is 22.3. The molecule has 2 saturated heterocycles. The number of nitro groups is 1. The lowest BCUT2D eigenvalue weighted by Crippen LogP contribution is -2.36. The van der Waals surface area contributed by atoms with Gasteiger partial charge in [0.25, 0.3) is 11.6 Å². The fourth-order valence-corrected chi connectivity index (χ4v) is 4.32. The average Bonchev–Trinajstić information content (AvgIpc) is 3.32. The molecule has 2 heterocycles. The van der Waals surface area contributed by atoms with Crippen molar-refractivity contribution in [3.63, 3.8) is 0 Å². The van der Waals surface area contributed by atoms with Gasteiger partial charge in [-0.2, -0.15) is 0 Å². The number of carbonyl (C=O) groups excluding carboxylic acids is 2. The Morgan fingerprint density at radius 3 is 2.09 bits per heavy atom. The second-order valence-electron chi connectivity index (χ2n) is 7.75. The van der Waals surface area contributed by atoms with Crippen LogP contribution in [0.4, 0.5) is 11.4 Å². The molecule has 3 aromatic carbocycles. The molecule has 3 aromatic rings. The number of amides is 2. The number of hydrogen-bond acceptors (Lipinski definition) is 6. The summed E-state index contributed by atoms with van der Waals surface area (Å²) in [5.74, 6) is -1.45. The Labute approximate surface area is 183 Å². The molecule has 32 heavy (non-hydrogen) atoms. The maximum Gasteiger partial charge on any atom is 0.269 e. The van der Waals surface area contributed by atoms with Crippen molar-refractivity contribution in [2.75, 3.05) is 5.06 Å². The highest BCUT2D eigenvalue weighted by Crippen LogP contribution is 2.47. The molecule has 5 rings (SSSR count). The molecular weight excluding hydrogens is 410 g/mol. The summed E-state index contributed by atoms with van der Waals surface area (Å²) in [5.41, 5.74) is 2.16. The second kappa shape index (κ2) is 7.90. The maximum absolute atomic E-state index is 13.4. The van der Waals surface area contributed by atoms with E-state index in [1.54, 1.807) is 17.2 Å². The average molecular weight is 429 g/mol. The summed E-state index contributed by atoms with van der Waals surface area (Å²) in [5, 5.41) is 12.7. The molecule has 160 valence electrons. The Hall–Kier alpha value is -4.04. The Balaban J connectivity index is 1.52. The zero-order chi connectivity index (χ0) is 22.2. The summed E-state index contributed by atoms with van der Waals surface area (Å²) in [4.78, 5) is 44.5. The number of nitrogens with zero attached hydrogens (tertiary/aromatic N) is 3. The van der Waals surface area contributed by atoms with Crippen molar-refractivity contribution in [2.45, 2.75) is 18.7 Å². The molecule has 0 N–H and O–H groups in total. The van der Waals surface area contributed by atoms with E-state index in [-0.39, 0.29) is 24.0 Å². The topological polar surface area (TPSA) is 93.0 Å². The van der Waals surface area contributed by atoms with Crippen LogP contribution in [0.1, 0.15) is 17.2 Å². The molecule has 2 aliphatic rings. The number of nitro benzene ring substituents is 1. The van der Waals surface area contributed by atoms with Crippen LogP contribution in [0.2, 0.25) is 0 Å². The molecule has 0 aliphatic carbocycles. The van der Waals surface area contributed by atoms with Crippen molar-refractivity contribution in [3.8, 4) is 0 Å². The number of para-hydroxylation sites is 1. The van der Waals surface area contributed by atoms with E-state index < -0.39 is 23.0 Å². The maximum atomic E-state index is 13.4. The number of rotatable bonds is 5. The van der Waals surface area contributed by atoms with Crippen LogP contribution in [0, 0.1) is 16.0 Å². The van der Waals surface area contributed by atoms with E-state index in [0.29, 0.717) is 11.3 Å². The van der Waals surface area contributed by atoms with E-state index in [1.165, 1.54) is 17.0 Å². The lowest BCUT2D eigenvalue weighted by atomic mass is 9.90. The molecule has 2 fully saturated rings. The van der Waals surface area contributed by atoms with Crippen molar-refractivity contribution in [3.05, 3.63) is 106 Å². The van der Waals surface area contributed by atoms with Crippen LogP contribution >= 0.6 is 0 Å². The molecule has 0 spiro atoms. The van der Waals surface area contributed by atoms with Gasteiger partial charge in [0.15, 0.2) is 6.10 Å². The number of likely N-dealkylation sites (tertiary alicyclic amines) is 1. The highest BCUT2D eigenvalue weighted by molar-refractivity contribution is 6.07. The lowest BCUT2D eigenvalue weighted by molar-refractivity contribution is -0.384. The van der Waals surface area contributed by atoms with Gasteiger partial charge in [0.1, 0.15) is 5.92 Å². The van der Waals surface area contributed by atoms with Crippen LogP contribution in [0.5, 0.6) is 0 Å². The second-order valence-corrected chi connectivity index (χ2v) is 7.75. The minimum absolute atomic E-state index is 0.0463. The third-order valence-corrected chi connectivity index (χ3v) is 5.85. The minimum Gasteiger partial charge on any atom is -0.275 e. The standard InChI is InChI=1S/C24H19N3O5/c28-23-20-21(17-11-13-19(14-12-17)27(30)31)26(18-9-5-2-6-10-18)32-22(20)24(29)25(23)15-16-7-3-1-4-8-16/h1-14,20-22H,15H2/t20-,21-,22+/m1/s1. The molecule has 8 nitrogen and oxygen atoms in total. The van der Waals surface area contributed by atoms with Gasteiger partial charge in [-0.3, -0.25) is 29.4 Å². The molecule has 0 bridgehead atoms. The predicted molar refractivity (Wildman–Crippen MR) is 115 cm³/mol. The first-order valence-electron chi connectivity index (χ1n) is 10.2. The quantitative estimate of drug-likeness (QED) is 0.349.